The predicted octanol–water partition coefficient (Wildman–Crippen LogP) is -0.336. The lowest BCUT2D eigenvalue weighted by atomic mass is 10.3. The van der Waals surface area contributed by atoms with Crippen molar-refractivity contribution in [1.29, 1.82) is 0 Å². The molecule has 0 unspecified atom stereocenters. The molecule has 0 rings (SSSR count). The first-order chi connectivity index (χ1) is 6.20. The molecule has 0 saturated heterocycles. The summed E-state index contributed by atoms with van der Waals surface area (Å²) in [6, 6.07) is 0. The molecule has 2 N–H and O–H groups in total. The van der Waals surface area contributed by atoms with E-state index in [1.807, 2.05) is 14.1 Å². The second kappa shape index (κ2) is 8.01. The standard InChI is InChI=1S/C9H21N3O/c1-10-6-4-7-12(3)8-5-9(13)11-2/h10H,4-8H2,1-3H3,(H,11,13). The van der Waals surface area contributed by atoms with Crippen LogP contribution >= 0.6 is 0 Å². The Bertz CT molecular complexity index is 139. The molecule has 0 aromatic rings. The zero-order chi connectivity index (χ0) is 10.1. The quantitative estimate of drug-likeness (QED) is 0.536. The molecule has 0 aliphatic carbocycles. The SMILES string of the molecule is CNCCCN(C)CCC(=O)NC. The summed E-state index contributed by atoms with van der Waals surface area (Å²) in [6.07, 6.45) is 1.72. The smallest absolute Gasteiger partial charge is 0.221 e. The molecule has 0 radical (unpaired) electrons. The van der Waals surface area contributed by atoms with E-state index < -0.39 is 0 Å². The first-order valence-corrected chi connectivity index (χ1v) is 4.74. The van der Waals surface area contributed by atoms with Gasteiger partial charge in [0.25, 0.3) is 0 Å². The van der Waals surface area contributed by atoms with Crippen LogP contribution in [0.3, 0.4) is 0 Å². The molecule has 0 aliphatic heterocycles. The Labute approximate surface area is 80.7 Å². The van der Waals surface area contributed by atoms with Crippen LogP contribution in [0.15, 0.2) is 0 Å². The van der Waals surface area contributed by atoms with Crippen LogP contribution in [-0.2, 0) is 4.79 Å². The van der Waals surface area contributed by atoms with Crippen LogP contribution in [0.1, 0.15) is 12.8 Å². The van der Waals surface area contributed by atoms with Gasteiger partial charge in [-0.25, -0.2) is 0 Å². The van der Waals surface area contributed by atoms with Gasteiger partial charge in [0.15, 0.2) is 0 Å². The molecule has 13 heavy (non-hydrogen) atoms. The van der Waals surface area contributed by atoms with Crippen molar-refractivity contribution < 1.29 is 4.79 Å². The molecule has 0 heterocycles. The third-order valence-corrected chi connectivity index (χ3v) is 1.97. The maximum absolute atomic E-state index is 10.9. The molecule has 0 fully saturated rings. The topological polar surface area (TPSA) is 44.4 Å². The van der Waals surface area contributed by atoms with Gasteiger partial charge in [-0.15, -0.1) is 0 Å². The Balaban J connectivity index is 3.29. The Hall–Kier alpha value is -0.610. The highest BCUT2D eigenvalue weighted by Gasteiger charge is 2.01. The fraction of sp³-hybridized carbons (Fsp3) is 0.889. The Morgan fingerprint density at radius 1 is 1.31 bits per heavy atom. The highest BCUT2D eigenvalue weighted by Crippen LogP contribution is 1.89. The van der Waals surface area contributed by atoms with Gasteiger partial charge in [-0.05, 0) is 33.6 Å². The van der Waals surface area contributed by atoms with E-state index in [0.29, 0.717) is 6.42 Å². The molecule has 0 bridgehead atoms. The van der Waals surface area contributed by atoms with Crippen molar-refractivity contribution in [2.45, 2.75) is 12.8 Å². The van der Waals surface area contributed by atoms with Crippen molar-refractivity contribution in [3.05, 3.63) is 0 Å². The summed E-state index contributed by atoms with van der Waals surface area (Å²) < 4.78 is 0. The molecular weight excluding hydrogens is 166 g/mol. The van der Waals surface area contributed by atoms with Gasteiger partial charge in [-0.3, -0.25) is 4.79 Å². The van der Waals surface area contributed by atoms with Crippen molar-refractivity contribution in [2.24, 2.45) is 0 Å². The molecule has 1 amide bonds. The van der Waals surface area contributed by atoms with Gasteiger partial charge in [0.05, 0.1) is 0 Å². The first kappa shape index (κ1) is 12.4. The summed E-state index contributed by atoms with van der Waals surface area (Å²) in [5, 5.41) is 5.70. The molecule has 0 aromatic heterocycles. The van der Waals surface area contributed by atoms with Gasteiger partial charge in [0.1, 0.15) is 0 Å². The van der Waals surface area contributed by atoms with Crippen molar-refractivity contribution in [3.8, 4) is 0 Å². The van der Waals surface area contributed by atoms with Crippen LogP contribution in [-0.4, -0.2) is 51.6 Å². The van der Waals surface area contributed by atoms with Crippen molar-refractivity contribution in [1.82, 2.24) is 15.5 Å². The van der Waals surface area contributed by atoms with Crippen molar-refractivity contribution >= 4 is 5.91 Å². The molecule has 4 heteroatoms. The zero-order valence-corrected chi connectivity index (χ0v) is 8.89. The highest BCUT2D eigenvalue weighted by atomic mass is 16.1. The summed E-state index contributed by atoms with van der Waals surface area (Å²) in [6.45, 7) is 2.91. The number of carbonyl (C=O) groups is 1. The lowest BCUT2D eigenvalue weighted by Gasteiger charge is -2.15. The molecule has 0 atom stereocenters. The Kier molecular flexibility index (Phi) is 7.63. The normalized spacial score (nSPS) is 10.5. The minimum Gasteiger partial charge on any atom is -0.359 e. The molecular formula is C9H21N3O. The number of nitrogens with zero attached hydrogens (tertiary/aromatic N) is 1. The van der Waals surface area contributed by atoms with E-state index in [-0.39, 0.29) is 5.91 Å². The molecule has 0 spiro atoms. The minimum absolute atomic E-state index is 0.112. The largest absolute Gasteiger partial charge is 0.359 e. The van der Waals surface area contributed by atoms with E-state index in [1.54, 1.807) is 7.05 Å². The maximum atomic E-state index is 10.9. The Morgan fingerprint density at radius 3 is 2.54 bits per heavy atom. The Morgan fingerprint density at radius 2 is 2.00 bits per heavy atom. The van der Waals surface area contributed by atoms with E-state index in [4.69, 9.17) is 0 Å². The molecule has 0 saturated carbocycles. The number of rotatable bonds is 7. The summed E-state index contributed by atoms with van der Waals surface area (Å²) >= 11 is 0. The monoisotopic (exact) mass is 187 g/mol. The summed E-state index contributed by atoms with van der Waals surface area (Å²) in [5.41, 5.74) is 0. The third kappa shape index (κ3) is 7.74. The van der Waals surface area contributed by atoms with Gasteiger partial charge in [-0.2, -0.15) is 0 Å². The van der Waals surface area contributed by atoms with Gasteiger partial charge < -0.3 is 15.5 Å². The number of amides is 1. The predicted molar refractivity (Wildman–Crippen MR) is 54.7 cm³/mol. The number of hydrogen-bond acceptors (Lipinski definition) is 3. The summed E-state index contributed by atoms with van der Waals surface area (Å²) in [4.78, 5) is 13.1. The average Bonchev–Trinajstić information content (AvgIpc) is 2.14. The summed E-state index contributed by atoms with van der Waals surface area (Å²) in [5.74, 6) is 0.112. The first-order valence-electron chi connectivity index (χ1n) is 4.74. The molecule has 4 nitrogen and oxygen atoms in total. The zero-order valence-electron chi connectivity index (χ0n) is 8.89. The van der Waals surface area contributed by atoms with Crippen LogP contribution in [0.25, 0.3) is 0 Å². The summed E-state index contributed by atoms with van der Waals surface area (Å²) in [7, 11) is 5.66. The molecule has 0 aliphatic rings. The minimum atomic E-state index is 0.112. The molecule has 78 valence electrons. The van der Waals surface area contributed by atoms with Gasteiger partial charge >= 0.3 is 0 Å². The van der Waals surface area contributed by atoms with E-state index in [0.717, 1.165) is 26.1 Å². The van der Waals surface area contributed by atoms with E-state index in [2.05, 4.69) is 15.5 Å². The maximum Gasteiger partial charge on any atom is 0.221 e. The number of nitrogens with one attached hydrogen (secondary N) is 2. The van der Waals surface area contributed by atoms with Crippen LogP contribution in [0, 0.1) is 0 Å². The highest BCUT2D eigenvalue weighted by molar-refractivity contribution is 5.75. The van der Waals surface area contributed by atoms with E-state index in [1.165, 1.54) is 0 Å². The lowest BCUT2D eigenvalue weighted by Crippen LogP contribution is -2.28. The average molecular weight is 187 g/mol. The van der Waals surface area contributed by atoms with Crippen molar-refractivity contribution in [3.63, 3.8) is 0 Å². The van der Waals surface area contributed by atoms with Crippen LogP contribution in [0.4, 0.5) is 0 Å². The van der Waals surface area contributed by atoms with Crippen LogP contribution < -0.4 is 10.6 Å². The second-order valence-corrected chi connectivity index (χ2v) is 3.18. The van der Waals surface area contributed by atoms with Crippen LogP contribution in [0.5, 0.6) is 0 Å². The second-order valence-electron chi connectivity index (χ2n) is 3.18. The third-order valence-electron chi connectivity index (χ3n) is 1.97. The number of carbonyl (C=O) groups excluding carboxylic acids is 1. The van der Waals surface area contributed by atoms with E-state index in [9.17, 15) is 4.79 Å². The number of hydrogen-bond donors (Lipinski definition) is 2. The van der Waals surface area contributed by atoms with Crippen LogP contribution in [0.2, 0.25) is 0 Å². The van der Waals surface area contributed by atoms with Gasteiger partial charge in [-0.1, -0.05) is 0 Å². The fourth-order valence-electron chi connectivity index (χ4n) is 1.05. The fourth-order valence-corrected chi connectivity index (χ4v) is 1.05. The molecule has 0 aromatic carbocycles. The van der Waals surface area contributed by atoms with E-state index >= 15 is 0 Å². The van der Waals surface area contributed by atoms with Gasteiger partial charge in [0.2, 0.25) is 5.91 Å². The van der Waals surface area contributed by atoms with Gasteiger partial charge in [0, 0.05) is 20.0 Å². The van der Waals surface area contributed by atoms with Crippen molar-refractivity contribution in [2.75, 3.05) is 40.8 Å². The lowest BCUT2D eigenvalue weighted by molar-refractivity contribution is -0.120.